The van der Waals surface area contributed by atoms with Crippen LogP contribution in [0.3, 0.4) is 0 Å². The molecule has 19 heavy (non-hydrogen) atoms. The Balaban J connectivity index is 2.65. The van der Waals surface area contributed by atoms with Crippen molar-refractivity contribution >= 4 is 35.1 Å². The molecule has 0 aliphatic heterocycles. The quantitative estimate of drug-likeness (QED) is 0.454. The van der Waals surface area contributed by atoms with Crippen LogP contribution >= 0.6 is 23.2 Å². The van der Waals surface area contributed by atoms with Crippen molar-refractivity contribution in [1.82, 2.24) is 0 Å². The summed E-state index contributed by atoms with van der Waals surface area (Å²) >= 11 is 11.0. The summed E-state index contributed by atoms with van der Waals surface area (Å²) in [7, 11) is 0. The molecule has 0 amide bonds. The monoisotopic (exact) mass is 310 g/mol. The summed E-state index contributed by atoms with van der Waals surface area (Å²) in [6.45, 7) is 3.54. The van der Waals surface area contributed by atoms with E-state index >= 15 is 0 Å². The largest absolute Gasteiger partial charge is 0.458 e. The van der Waals surface area contributed by atoms with Crippen molar-refractivity contribution in [1.29, 1.82) is 0 Å². The lowest BCUT2D eigenvalue weighted by Crippen LogP contribution is -2.36. The summed E-state index contributed by atoms with van der Waals surface area (Å²) in [5.74, 6) is -1.16. The Kier molecular flexibility index (Phi) is 6.94. The molecule has 0 aromatic rings. The molecule has 110 valence electrons. The van der Waals surface area contributed by atoms with Crippen molar-refractivity contribution in [3.05, 3.63) is 0 Å². The molecule has 0 bridgehead atoms. The molecule has 0 unspecified atom stereocenters. The van der Waals surface area contributed by atoms with Crippen LogP contribution in [-0.4, -0.2) is 29.0 Å². The van der Waals surface area contributed by atoms with Crippen LogP contribution in [0.25, 0.3) is 0 Å². The third kappa shape index (κ3) is 5.57. The molecule has 1 fully saturated rings. The number of carbonyl (C=O) groups excluding carboxylic acids is 2. The van der Waals surface area contributed by atoms with Gasteiger partial charge in [0.25, 0.3) is 0 Å². The highest BCUT2D eigenvalue weighted by molar-refractivity contribution is 6.52. The van der Waals surface area contributed by atoms with Crippen LogP contribution in [0.1, 0.15) is 46.0 Å². The highest BCUT2D eigenvalue weighted by Gasteiger charge is 2.31. The van der Waals surface area contributed by atoms with Crippen LogP contribution < -0.4 is 0 Å². The number of hydrogen-bond donors (Lipinski definition) is 0. The fourth-order valence-corrected chi connectivity index (χ4v) is 2.10. The van der Waals surface area contributed by atoms with Gasteiger partial charge in [-0.25, -0.2) is 4.79 Å². The summed E-state index contributed by atoms with van der Waals surface area (Å²) in [4.78, 5) is 21.9. The fraction of sp³-hybridized carbons (Fsp3) is 0.846. The lowest BCUT2D eigenvalue weighted by atomic mass is 10.1. The van der Waals surface area contributed by atoms with Crippen LogP contribution in [-0.2, 0) is 19.1 Å². The van der Waals surface area contributed by atoms with E-state index in [0.717, 1.165) is 19.3 Å². The summed E-state index contributed by atoms with van der Waals surface area (Å²) in [5.41, 5.74) is 0. The smallest absolute Gasteiger partial charge is 0.339 e. The fourth-order valence-electron chi connectivity index (χ4n) is 2.00. The van der Waals surface area contributed by atoms with E-state index in [-0.39, 0.29) is 11.9 Å². The summed E-state index contributed by atoms with van der Waals surface area (Å²) in [5, 5.41) is 0. The van der Waals surface area contributed by atoms with Crippen LogP contribution in [0, 0.1) is 5.92 Å². The van der Waals surface area contributed by atoms with E-state index in [1.54, 1.807) is 13.8 Å². The first-order valence-corrected chi connectivity index (χ1v) is 7.48. The Labute approximate surface area is 123 Å². The Hall–Kier alpha value is -0.480. The van der Waals surface area contributed by atoms with Crippen LogP contribution in [0.2, 0.25) is 0 Å². The van der Waals surface area contributed by atoms with E-state index in [1.807, 2.05) is 0 Å². The summed E-state index contributed by atoms with van der Waals surface area (Å²) in [6, 6.07) is 0. The van der Waals surface area contributed by atoms with Gasteiger partial charge in [-0.3, -0.25) is 4.79 Å². The van der Waals surface area contributed by atoms with Crippen LogP contribution in [0.4, 0.5) is 0 Å². The highest BCUT2D eigenvalue weighted by atomic mass is 35.5. The number of ether oxygens (including phenoxy) is 2. The number of carbonyl (C=O) groups is 2. The topological polar surface area (TPSA) is 52.6 Å². The second kappa shape index (κ2) is 7.95. The average molecular weight is 311 g/mol. The van der Waals surface area contributed by atoms with Gasteiger partial charge in [0.15, 0.2) is 0 Å². The average Bonchev–Trinajstić information content (AvgIpc) is 2.55. The minimum Gasteiger partial charge on any atom is -0.458 e. The predicted molar refractivity (Wildman–Crippen MR) is 73.2 cm³/mol. The molecular formula is C13H20Cl2O4. The lowest BCUT2D eigenvalue weighted by molar-refractivity contribution is -0.169. The van der Waals surface area contributed by atoms with Gasteiger partial charge in [0.2, 0.25) is 4.84 Å². The maximum atomic E-state index is 11.7. The van der Waals surface area contributed by atoms with E-state index in [1.165, 1.54) is 0 Å². The molecule has 0 saturated heterocycles. The third-order valence-corrected chi connectivity index (χ3v) is 3.43. The predicted octanol–water partition coefficient (Wildman–Crippen LogP) is 3.23. The Morgan fingerprint density at radius 2 is 1.42 bits per heavy atom. The first kappa shape index (κ1) is 16.6. The number of alkyl halides is 2. The maximum Gasteiger partial charge on any atom is 0.339 e. The van der Waals surface area contributed by atoms with Gasteiger partial charge in [0.05, 0.1) is 5.92 Å². The zero-order chi connectivity index (χ0) is 14.4. The summed E-state index contributed by atoms with van der Waals surface area (Å²) in [6.07, 6.45) is 3.45. The van der Waals surface area contributed by atoms with E-state index in [4.69, 9.17) is 32.7 Å². The van der Waals surface area contributed by atoms with E-state index in [9.17, 15) is 9.59 Å². The molecule has 0 aromatic carbocycles. The first-order chi connectivity index (χ1) is 8.91. The van der Waals surface area contributed by atoms with Crippen molar-refractivity contribution < 1.29 is 19.1 Å². The highest BCUT2D eigenvalue weighted by Crippen LogP contribution is 2.25. The molecule has 0 spiro atoms. The Bertz CT molecular complexity index is 288. The number of hydrogen-bond acceptors (Lipinski definition) is 4. The van der Waals surface area contributed by atoms with Gasteiger partial charge in [-0.2, -0.15) is 0 Å². The molecule has 1 saturated carbocycles. The molecule has 1 rings (SSSR count). The second-order valence-corrected chi connectivity index (χ2v) is 6.14. The Morgan fingerprint density at radius 3 is 1.84 bits per heavy atom. The molecule has 0 radical (unpaired) electrons. The second-order valence-electron chi connectivity index (χ2n) is 5.04. The molecule has 1 aliphatic carbocycles. The van der Waals surface area contributed by atoms with E-state index < -0.39 is 23.0 Å². The molecule has 2 atom stereocenters. The molecule has 4 nitrogen and oxygen atoms in total. The zero-order valence-corrected chi connectivity index (χ0v) is 12.7. The minimum atomic E-state index is -1.20. The van der Waals surface area contributed by atoms with Crippen LogP contribution in [0.5, 0.6) is 0 Å². The number of esters is 2. The molecule has 0 aromatic heterocycles. The van der Waals surface area contributed by atoms with Crippen molar-refractivity contribution in [3.8, 4) is 0 Å². The van der Waals surface area contributed by atoms with Gasteiger partial charge in [-0.1, -0.05) is 43.5 Å². The molecule has 1 aliphatic rings. The number of rotatable bonds is 4. The van der Waals surface area contributed by atoms with Crippen molar-refractivity contribution in [3.63, 3.8) is 0 Å². The van der Waals surface area contributed by atoms with Crippen LogP contribution in [0.15, 0.2) is 0 Å². The van der Waals surface area contributed by atoms with Gasteiger partial charge in [0.1, 0.15) is 12.2 Å². The maximum absolute atomic E-state index is 11.7. The van der Waals surface area contributed by atoms with E-state index in [2.05, 4.69) is 0 Å². The Morgan fingerprint density at radius 1 is 0.947 bits per heavy atom. The van der Waals surface area contributed by atoms with Crippen molar-refractivity contribution in [2.45, 2.75) is 63.0 Å². The minimum absolute atomic E-state index is 0.201. The van der Waals surface area contributed by atoms with Gasteiger partial charge in [0, 0.05) is 0 Å². The SMILES string of the molecule is CC(C)C(=O)O[C@H]1CCCCC[C@H]1OC(=O)C(Cl)Cl. The molecule has 0 heterocycles. The van der Waals surface area contributed by atoms with Gasteiger partial charge >= 0.3 is 11.9 Å². The lowest BCUT2D eigenvalue weighted by Gasteiger charge is -2.26. The standard InChI is InChI=1S/C13H20Cl2O4/c1-8(2)12(16)18-9-6-4-3-5-7-10(9)19-13(17)11(14)15/h8-11H,3-7H2,1-2H3/t9-,10+/m0/s1. The molecular weight excluding hydrogens is 291 g/mol. The van der Waals surface area contributed by atoms with Crippen molar-refractivity contribution in [2.24, 2.45) is 5.92 Å². The zero-order valence-electron chi connectivity index (χ0n) is 11.2. The molecule has 0 N–H and O–H groups in total. The van der Waals surface area contributed by atoms with E-state index in [0.29, 0.717) is 12.8 Å². The van der Waals surface area contributed by atoms with Crippen molar-refractivity contribution in [2.75, 3.05) is 0 Å². The normalized spacial score (nSPS) is 24.1. The first-order valence-electron chi connectivity index (χ1n) is 6.61. The number of halogens is 2. The van der Waals surface area contributed by atoms with Gasteiger partial charge in [-0.15, -0.1) is 0 Å². The third-order valence-electron chi connectivity index (χ3n) is 3.08. The summed E-state index contributed by atoms with van der Waals surface area (Å²) < 4.78 is 10.7. The molecule has 6 heteroatoms. The van der Waals surface area contributed by atoms with Gasteiger partial charge in [-0.05, 0) is 25.7 Å². The van der Waals surface area contributed by atoms with Gasteiger partial charge < -0.3 is 9.47 Å².